The highest BCUT2D eigenvalue weighted by atomic mass is 32.2. The molecule has 4 rings (SSSR count). The third kappa shape index (κ3) is 4.23. The van der Waals surface area contributed by atoms with Crippen molar-refractivity contribution in [3.63, 3.8) is 0 Å². The molecule has 10 nitrogen and oxygen atoms in total. The molecule has 0 unspecified atom stereocenters. The number of morpholine rings is 1. The number of imide groups is 1. The number of nitrogens with zero attached hydrogens (tertiary/aromatic N) is 3. The van der Waals surface area contributed by atoms with E-state index in [0.717, 1.165) is 36.5 Å². The minimum Gasteiger partial charge on any atom is -0.379 e. The van der Waals surface area contributed by atoms with Crippen molar-refractivity contribution in [2.24, 2.45) is 0 Å². The molecule has 0 saturated carbocycles. The number of sulfonamides is 1. The first-order valence-corrected chi connectivity index (χ1v) is 11.7. The molecule has 3 saturated heterocycles. The van der Waals surface area contributed by atoms with Crippen LogP contribution in [0.5, 0.6) is 0 Å². The molecule has 1 aromatic rings. The van der Waals surface area contributed by atoms with Gasteiger partial charge in [-0.1, -0.05) is 0 Å². The van der Waals surface area contributed by atoms with E-state index in [4.69, 9.17) is 4.74 Å². The standard InChI is InChI=1S/C19H27N5O5S/c25-18(24-8-5-20-19(24)26)14-21-16-13-15(3-4-17(16)22-6-1-2-7-22)30(27,28)23-9-11-29-12-10-23/h3-4,13,21H,1-2,5-12,14H2,(H,20,26). The molecule has 0 radical (unpaired) electrons. The highest BCUT2D eigenvalue weighted by Crippen LogP contribution is 2.32. The van der Waals surface area contributed by atoms with Gasteiger partial charge in [0, 0.05) is 39.3 Å². The quantitative estimate of drug-likeness (QED) is 0.657. The molecule has 2 N–H and O–H groups in total. The van der Waals surface area contributed by atoms with Crippen molar-refractivity contribution in [3.8, 4) is 0 Å². The van der Waals surface area contributed by atoms with Gasteiger partial charge in [0.1, 0.15) is 0 Å². The van der Waals surface area contributed by atoms with Crippen LogP contribution in [-0.4, -0.2) is 88.6 Å². The first kappa shape index (κ1) is 20.9. The number of carbonyl (C=O) groups excluding carboxylic acids is 2. The average Bonchev–Trinajstić information content (AvgIpc) is 3.44. The molecule has 3 heterocycles. The van der Waals surface area contributed by atoms with Crippen LogP contribution in [0.15, 0.2) is 23.1 Å². The molecule has 0 spiro atoms. The van der Waals surface area contributed by atoms with Crippen molar-refractivity contribution in [3.05, 3.63) is 18.2 Å². The van der Waals surface area contributed by atoms with Crippen molar-refractivity contribution in [1.29, 1.82) is 0 Å². The molecule has 0 aliphatic carbocycles. The number of urea groups is 1. The van der Waals surface area contributed by atoms with E-state index in [0.29, 0.717) is 45.1 Å². The van der Waals surface area contributed by atoms with Crippen molar-refractivity contribution in [2.45, 2.75) is 17.7 Å². The summed E-state index contributed by atoms with van der Waals surface area (Å²) in [5, 5.41) is 5.69. The lowest BCUT2D eigenvalue weighted by Crippen LogP contribution is -2.40. The zero-order valence-electron chi connectivity index (χ0n) is 16.8. The van der Waals surface area contributed by atoms with Gasteiger partial charge < -0.3 is 20.3 Å². The van der Waals surface area contributed by atoms with E-state index in [2.05, 4.69) is 15.5 Å². The van der Waals surface area contributed by atoms with Crippen LogP contribution < -0.4 is 15.5 Å². The summed E-state index contributed by atoms with van der Waals surface area (Å²) in [4.78, 5) is 27.7. The molecule has 1 aromatic carbocycles. The molecule has 0 bridgehead atoms. The Bertz CT molecular complexity index is 910. The first-order chi connectivity index (χ1) is 14.5. The summed E-state index contributed by atoms with van der Waals surface area (Å²) in [5.74, 6) is -0.348. The zero-order valence-corrected chi connectivity index (χ0v) is 17.6. The molecule has 3 aliphatic rings. The van der Waals surface area contributed by atoms with Crippen LogP contribution in [0, 0.1) is 0 Å². The Morgan fingerprint density at radius 3 is 2.50 bits per heavy atom. The number of amides is 3. The van der Waals surface area contributed by atoms with Crippen LogP contribution in [0.2, 0.25) is 0 Å². The van der Waals surface area contributed by atoms with E-state index < -0.39 is 16.1 Å². The molecule has 30 heavy (non-hydrogen) atoms. The zero-order chi connectivity index (χ0) is 21.1. The second-order valence-electron chi connectivity index (χ2n) is 7.52. The maximum atomic E-state index is 13.1. The number of anilines is 2. The van der Waals surface area contributed by atoms with Gasteiger partial charge in [-0.25, -0.2) is 13.2 Å². The molecular weight excluding hydrogens is 410 g/mol. The smallest absolute Gasteiger partial charge is 0.324 e. The number of benzene rings is 1. The minimum absolute atomic E-state index is 0.0880. The van der Waals surface area contributed by atoms with E-state index in [9.17, 15) is 18.0 Å². The molecular formula is C19H27N5O5S. The highest BCUT2D eigenvalue weighted by molar-refractivity contribution is 7.89. The summed E-state index contributed by atoms with van der Waals surface area (Å²) >= 11 is 0. The van der Waals surface area contributed by atoms with Gasteiger partial charge in [0.25, 0.3) is 0 Å². The molecule has 3 fully saturated rings. The van der Waals surface area contributed by atoms with Crippen LogP contribution in [0.3, 0.4) is 0 Å². The van der Waals surface area contributed by atoms with Crippen LogP contribution in [0.25, 0.3) is 0 Å². The van der Waals surface area contributed by atoms with Crippen LogP contribution in [0.4, 0.5) is 16.2 Å². The Labute approximate surface area is 176 Å². The topological polar surface area (TPSA) is 111 Å². The summed E-state index contributed by atoms with van der Waals surface area (Å²) in [6.45, 7) is 3.85. The number of ether oxygens (including phenoxy) is 1. The molecule has 3 amide bonds. The van der Waals surface area contributed by atoms with Gasteiger partial charge in [0.05, 0.1) is 36.0 Å². The van der Waals surface area contributed by atoms with Gasteiger partial charge in [-0.05, 0) is 31.0 Å². The maximum absolute atomic E-state index is 13.1. The SMILES string of the molecule is O=C(CNc1cc(S(=O)(=O)N2CCOCC2)ccc1N1CCCC1)N1CCNC1=O. The maximum Gasteiger partial charge on any atom is 0.324 e. The normalized spacial score (nSPS) is 20.5. The van der Waals surface area contributed by atoms with Crippen molar-refractivity contribution in [2.75, 3.05) is 69.2 Å². The predicted molar refractivity (Wildman–Crippen MR) is 111 cm³/mol. The first-order valence-electron chi connectivity index (χ1n) is 10.3. The fraction of sp³-hybridized carbons (Fsp3) is 0.579. The lowest BCUT2D eigenvalue weighted by Gasteiger charge is -2.27. The summed E-state index contributed by atoms with van der Waals surface area (Å²) in [5.41, 5.74) is 1.45. The summed E-state index contributed by atoms with van der Waals surface area (Å²) < 4.78 is 32.8. The number of hydrogen-bond donors (Lipinski definition) is 2. The molecule has 0 atom stereocenters. The fourth-order valence-electron chi connectivity index (χ4n) is 3.96. The van der Waals surface area contributed by atoms with E-state index in [-0.39, 0.29) is 17.3 Å². The van der Waals surface area contributed by atoms with Crippen LogP contribution in [0.1, 0.15) is 12.8 Å². The third-order valence-electron chi connectivity index (χ3n) is 5.61. The predicted octanol–water partition coefficient (Wildman–Crippen LogP) is 0.271. The molecule has 11 heteroatoms. The Morgan fingerprint density at radius 1 is 1.10 bits per heavy atom. The lowest BCUT2D eigenvalue weighted by molar-refractivity contribution is -0.125. The number of hydrogen-bond acceptors (Lipinski definition) is 7. The van der Waals surface area contributed by atoms with Gasteiger partial charge in [-0.3, -0.25) is 9.69 Å². The molecule has 0 aromatic heterocycles. The Kier molecular flexibility index (Phi) is 6.11. The summed E-state index contributed by atoms with van der Waals surface area (Å²) in [7, 11) is -3.65. The van der Waals surface area contributed by atoms with Gasteiger partial charge >= 0.3 is 6.03 Å². The fourth-order valence-corrected chi connectivity index (χ4v) is 5.40. The van der Waals surface area contributed by atoms with Crippen molar-refractivity contribution < 1.29 is 22.7 Å². The minimum atomic E-state index is -3.65. The van der Waals surface area contributed by atoms with E-state index in [1.54, 1.807) is 18.2 Å². The van der Waals surface area contributed by atoms with E-state index in [1.807, 2.05) is 0 Å². The van der Waals surface area contributed by atoms with Gasteiger partial charge in [0.2, 0.25) is 15.9 Å². The Morgan fingerprint density at radius 2 is 1.83 bits per heavy atom. The van der Waals surface area contributed by atoms with E-state index in [1.165, 1.54) is 4.31 Å². The van der Waals surface area contributed by atoms with Crippen LogP contribution >= 0.6 is 0 Å². The largest absolute Gasteiger partial charge is 0.379 e. The van der Waals surface area contributed by atoms with Crippen LogP contribution in [-0.2, 0) is 19.6 Å². The van der Waals surface area contributed by atoms with Gasteiger partial charge in [-0.2, -0.15) is 4.31 Å². The highest BCUT2D eigenvalue weighted by Gasteiger charge is 2.29. The third-order valence-corrected chi connectivity index (χ3v) is 7.51. The second kappa shape index (κ2) is 8.78. The number of carbonyl (C=O) groups is 2. The monoisotopic (exact) mass is 437 g/mol. The average molecular weight is 438 g/mol. The lowest BCUT2D eigenvalue weighted by atomic mass is 10.2. The Balaban J connectivity index is 1.58. The summed E-state index contributed by atoms with van der Waals surface area (Å²) in [6, 6.07) is 4.62. The van der Waals surface area contributed by atoms with Gasteiger partial charge in [-0.15, -0.1) is 0 Å². The summed E-state index contributed by atoms with van der Waals surface area (Å²) in [6.07, 6.45) is 2.14. The molecule has 3 aliphatic heterocycles. The molecule has 164 valence electrons. The number of rotatable bonds is 6. The number of nitrogens with one attached hydrogen (secondary N) is 2. The van der Waals surface area contributed by atoms with E-state index >= 15 is 0 Å². The van der Waals surface area contributed by atoms with Crippen molar-refractivity contribution in [1.82, 2.24) is 14.5 Å². The Hall–Kier alpha value is -2.37. The van der Waals surface area contributed by atoms with Crippen molar-refractivity contribution >= 4 is 33.3 Å². The second-order valence-corrected chi connectivity index (χ2v) is 9.46. The van der Waals surface area contributed by atoms with Gasteiger partial charge in [0.15, 0.2) is 0 Å².